The summed E-state index contributed by atoms with van der Waals surface area (Å²) in [6.07, 6.45) is 7.12. The lowest BCUT2D eigenvalue weighted by Gasteiger charge is -2.36. The monoisotopic (exact) mass is 646 g/mol. The molecule has 248 valence electrons. The maximum Gasteiger partial charge on any atom is 0.250 e. The summed E-state index contributed by atoms with van der Waals surface area (Å²) < 4.78 is 32.8. The molecule has 9 nitrogen and oxygen atoms in total. The normalized spacial score (nSPS) is 17.2. The highest BCUT2D eigenvalue weighted by Gasteiger charge is 2.39. The molecule has 4 aromatic rings. The van der Waals surface area contributed by atoms with Crippen LogP contribution in [0.5, 0.6) is 11.6 Å². The predicted octanol–water partition coefficient (Wildman–Crippen LogP) is 8.36. The average molecular weight is 647 g/mol. The van der Waals surface area contributed by atoms with Crippen LogP contribution in [0.1, 0.15) is 72.1 Å². The molecule has 0 spiro atoms. The van der Waals surface area contributed by atoms with Crippen LogP contribution in [0.3, 0.4) is 0 Å². The molecule has 2 aromatic heterocycles. The van der Waals surface area contributed by atoms with Gasteiger partial charge in [-0.25, -0.2) is 9.67 Å². The Labute approximate surface area is 274 Å². The summed E-state index contributed by atoms with van der Waals surface area (Å²) >= 11 is 0. The van der Waals surface area contributed by atoms with Gasteiger partial charge in [-0.1, -0.05) is 51.1 Å². The summed E-state index contributed by atoms with van der Waals surface area (Å²) in [6.45, 7) is 17.6. The first-order valence-corrected chi connectivity index (χ1v) is 19.5. The lowest BCUT2D eigenvalue weighted by Crippen LogP contribution is -2.43. The fourth-order valence-corrected chi connectivity index (χ4v) is 6.09. The van der Waals surface area contributed by atoms with Crippen molar-refractivity contribution in [3.63, 3.8) is 0 Å². The van der Waals surface area contributed by atoms with E-state index in [0.29, 0.717) is 31.4 Å². The third-order valence-corrected chi connectivity index (χ3v) is 13.3. The maximum atomic E-state index is 6.68. The minimum absolute atomic E-state index is 0.0806. The Hall–Kier alpha value is -3.31. The van der Waals surface area contributed by atoms with E-state index in [2.05, 4.69) is 76.1 Å². The summed E-state index contributed by atoms with van der Waals surface area (Å²) in [7, 11) is -2.04. The zero-order chi connectivity index (χ0) is 32.7. The zero-order valence-corrected chi connectivity index (χ0v) is 29.5. The highest BCUT2D eigenvalue weighted by molar-refractivity contribution is 6.74. The lowest BCUT2D eigenvalue weighted by molar-refractivity contribution is -0.0365. The van der Waals surface area contributed by atoms with Crippen molar-refractivity contribution in [1.29, 1.82) is 0 Å². The van der Waals surface area contributed by atoms with Crippen molar-refractivity contribution >= 4 is 19.2 Å². The molecule has 0 radical (unpaired) electrons. The summed E-state index contributed by atoms with van der Waals surface area (Å²) in [5.74, 6) is 1.27. The number of hydrogen-bond acceptors (Lipinski definition) is 8. The summed E-state index contributed by atoms with van der Waals surface area (Å²) in [4.78, 5) is 9.28. The van der Waals surface area contributed by atoms with E-state index in [9.17, 15) is 0 Å². The van der Waals surface area contributed by atoms with Crippen molar-refractivity contribution in [1.82, 2.24) is 19.7 Å². The van der Waals surface area contributed by atoms with Gasteiger partial charge < -0.3 is 23.4 Å². The molecular formula is C36H50N4O5Si. The van der Waals surface area contributed by atoms with Crippen LogP contribution in [0.25, 0.3) is 22.3 Å². The molecule has 0 N–H and O–H groups in total. The summed E-state index contributed by atoms with van der Waals surface area (Å²) in [5.41, 5.74) is 3.53. The van der Waals surface area contributed by atoms with Gasteiger partial charge in [0.25, 0.3) is 0 Å². The minimum Gasteiger partial charge on any atom is -0.543 e. The smallest absolute Gasteiger partial charge is 0.250 e. The topological polar surface area (TPSA) is 89.8 Å². The Morgan fingerprint density at radius 2 is 1.80 bits per heavy atom. The van der Waals surface area contributed by atoms with Gasteiger partial charge in [0.1, 0.15) is 23.7 Å². The van der Waals surface area contributed by atoms with Gasteiger partial charge in [0, 0.05) is 18.6 Å². The fourth-order valence-electron chi connectivity index (χ4n) is 5.07. The van der Waals surface area contributed by atoms with E-state index in [0.717, 1.165) is 54.6 Å². The Kier molecular flexibility index (Phi) is 11.1. The molecule has 1 aliphatic heterocycles. The molecule has 10 heteroatoms. The third kappa shape index (κ3) is 8.73. The Balaban J connectivity index is 1.26. The minimum atomic E-state index is -2.04. The van der Waals surface area contributed by atoms with Crippen LogP contribution in [0.15, 0.2) is 60.9 Å². The molecule has 3 unspecified atom stereocenters. The molecular weight excluding hydrogens is 597 g/mol. The molecule has 1 saturated heterocycles. The average Bonchev–Trinajstić information content (AvgIpc) is 3.42. The largest absolute Gasteiger partial charge is 0.543 e. The molecule has 1 fully saturated rings. The van der Waals surface area contributed by atoms with Gasteiger partial charge in [-0.2, -0.15) is 5.10 Å². The highest BCUT2D eigenvalue weighted by atomic mass is 28.4. The van der Waals surface area contributed by atoms with Crippen molar-refractivity contribution in [2.45, 2.75) is 103 Å². The Morgan fingerprint density at radius 1 is 1.00 bits per heavy atom. The van der Waals surface area contributed by atoms with E-state index in [1.165, 1.54) is 5.56 Å². The van der Waals surface area contributed by atoms with Crippen LogP contribution in [0.2, 0.25) is 18.1 Å². The van der Waals surface area contributed by atoms with E-state index >= 15 is 0 Å². The van der Waals surface area contributed by atoms with Crippen molar-refractivity contribution in [3.8, 4) is 23.0 Å². The van der Waals surface area contributed by atoms with Gasteiger partial charge in [0.2, 0.25) is 14.2 Å². The number of nitrogens with zero attached hydrogens (tertiary/aromatic N) is 4. The van der Waals surface area contributed by atoms with Gasteiger partial charge in [-0.3, -0.25) is 4.98 Å². The molecule has 3 heterocycles. The van der Waals surface area contributed by atoms with Crippen LogP contribution in [-0.2, 0) is 20.8 Å². The predicted molar refractivity (Wildman–Crippen MR) is 184 cm³/mol. The van der Waals surface area contributed by atoms with Crippen LogP contribution in [-0.4, -0.2) is 60.1 Å². The van der Waals surface area contributed by atoms with Crippen LogP contribution in [0, 0.1) is 0 Å². The molecule has 0 aliphatic carbocycles. The van der Waals surface area contributed by atoms with Crippen molar-refractivity contribution in [2.75, 3.05) is 19.8 Å². The summed E-state index contributed by atoms with van der Waals surface area (Å²) in [5, 5.41) is 6.09. The van der Waals surface area contributed by atoms with E-state index in [1.54, 1.807) is 12.4 Å². The van der Waals surface area contributed by atoms with Crippen molar-refractivity contribution in [3.05, 3.63) is 66.5 Å². The second-order valence-corrected chi connectivity index (χ2v) is 18.5. The number of ether oxygens (including phenoxy) is 4. The molecule has 3 atom stereocenters. The second kappa shape index (κ2) is 15.1. The molecule has 5 rings (SSSR count). The van der Waals surface area contributed by atoms with E-state index < -0.39 is 8.32 Å². The van der Waals surface area contributed by atoms with Gasteiger partial charge in [-0.15, -0.1) is 0 Å². The van der Waals surface area contributed by atoms with Crippen molar-refractivity contribution in [2.24, 2.45) is 0 Å². The SMILES string of the molecule is CC(CCOC(C)COc1cncc(-c2nn(C3CCCCO3)c3ccc(O[Si](C)(C)C(C)(C)C)cc23)n1)OCc1ccccc1. The standard InChI is InChI=1S/C36H50N4O5Si/c1-26(43-25-28-13-9-8-10-14-28)18-20-41-27(2)24-44-33-23-37-22-31(38-33)35-30-21-29(45-46(6,7)36(3,4)5)16-17-32(30)40(39-35)34-15-11-12-19-42-34/h8-10,13-14,16-17,21-23,26-27,34H,11-12,15,18-20,24-25H2,1-7H3. The van der Waals surface area contributed by atoms with Crippen LogP contribution >= 0.6 is 0 Å². The Bertz CT molecular complexity index is 1550. The first kappa shape index (κ1) is 34.0. The molecule has 0 bridgehead atoms. The zero-order valence-electron chi connectivity index (χ0n) is 28.5. The molecule has 1 aliphatic rings. The number of fused-ring (bicyclic) bond motifs is 1. The number of hydrogen-bond donors (Lipinski definition) is 0. The fraction of sp³-hybridized carbons (Fsp3) is 0.528. The first-order chi connectivity index (χ1) is 22.0. The quantitative estimate of drug-likeness (QED) is 0.126. The number of aromatic nitrogens is 4. The van der Waals surface area contributed by atoms with Gasteiger partial charge in [0.15, 0.2) is 6.23 Å². The lowest BCUT2D eigenvalue weighted by atomic mass is 10.1. The van der Waals surface area contributed by atoms with E-state index in [4.69, 9.17) is 33.5 Å². The van der Waals surface area contributed by atoms with Gasteiger partial charge >= 0.3 is 0 Å². The second-order valence-electron chi connectivity index (χ2n) is 13.8. The molecule has 0 amide bonds. The number of benzene rings is 2. The van der Waals surface area contributed by atoms with E-state index in [-0.39, 0.29) is 23.5 Å². The van der Waals surface area contributed by atoms with Crippen molar-refractivity contribution < 1.29 is 23.4 Å². The van der Waals surface area contributed by atoms with Gasteiger partial charge in [0.05, 0.1) is 36.7 Å². The highest BCUT2D eigenvalue weighted by Crippen LogP contribution is 2.39. The molecule has 0 saturated carbocycles. The number of rotatable bonds is 14. The van der Waals surface area contributed by atoms with Crippen LogP contribution < -0.4 is 9.16 Å². The Morgan fingerprint density at radius 3 is 2.54 bits per heavy atom. The van der Waals surface area contributed by atoms with Gasteiger partial charge in [-0.05, 0) is 81.4 Å². The van der Waals surface area contributed by atoms with Crippen LogP contribution in [0.4, 0.5) is 0 Å². The van der Waals surface area contributed by atoms with E-state index in [1.807, 2.05) is 29.8 Å². The maximum absolute atomic E-state index is 6.68. The molecule has 2 aromatic carbocycles. The summed E-state index contributed by atoms with van der Waals surface area (Å²) in [6, 6.07) is 16.4. The first-order valence-electron chi connectivity index (χ1n) is 16.6. The molecule has 46 heavy (non-hydrogen) atoms. The third-order valence-electron chi connectivity index (χ3n) is 8.91.